The van der Waals surface area contributed by atoms with Crippen LogP contribution in [0, 0.1) is 5.41 Å². The van der Waals surface area contributed by atoms with E-state index in [-0.39, 0.29) is 17.2 Å². The fourth-order valence-electron chi connectivity index (χ4n) is 4.90. The number of rotatable bonds is 2. The molecule has 0 atom stereocenters. The Morgan fingerprint density at radius 2 is 1.80 bits per heavy atom. The van der Waals surface area contributed by atoms with Crippen LogP contribution in [0.4, 0.5) is 5.69 Å². The summed E-state index contributed by atoms with van der Waals surface area (Å²) in [5.41, 5.74) is 2.27. The summed E-state index contributed by atoms with van der Waals surface area (Å²) in [5, 5.41) is 2.92. The highest BCUT2D eigenvalue weighted by molar-refractivity contribution is 5.97. The maximum absolute atomic E-state index is 13.2. The number of amides is 2. The molecule has 1 saturated heterocycles. The SMILES string of the molecule is CN(C)c1cccc(C(=O)N2CCC3(CCCCOCCNC(=O)c4ccccc4OC3)CC2)c1. The number of nitrogens with zero attached hydrogens (tertiary/aromatic N) is 2. The lowest BCUT2D eigenvalue weighted by molar-refractivity contribution is 0.0341. The quantitative estimate of drug-likeness (QED) is 0.706. The molecule has 7 heteroatoms. The molecule has 1 spiro atoms. The van der Waals surface area contributed by atoms with Crippen LogP contribution < -0.4 is 15.0 Å². The summed E-state index contributed by atoms with van der Waals surface area (Å²) in [4.78, 5) is 29.9. The summed E-state index contributed by atoms with van der Waals surface area (Å²) in [6.45, 7) is 3.62. The van der Waals surface area contributed by atoms with E-state index in [4.69, 9.17) is 9.47 Å². The van der Waals surface area contributed by atoms with Crippen LogP contribution in [0.2, 0.25) is 0 Å². The van der Waals surface area contributed by atoms with Gasteiger partial charge in [-0.15, -0.1) is 0 Å². The first kappa shape index (κ1) is 25.0. The van der Waals surface area contributed by atoms with Crippen molar-refractivity contribution in [3.8, 4) is 5.75 Å². The van der Waals surface area contributed by atoms with E-state index in [0.29, 0.717) is 50.8 Å². The van der Waals surface area contributed by atoms with Gasteiger partial charge in [-0.3, -0.25) is 9.59 Å². The molecular weight excluding hydrogens is 442 g/mol. The van der Waals surface area contributed by atoms with Gasteiger partial charge in [0, 0.05) is 57.0 Å². The van der Waals surface area contributed by atoms with E-state index in [9.17, 15) is 9.59 Å². The third-order valence-electron chi connectivity index (χ3n) is 7.16. The van der Waals surface area contributed by atoms with Crippen LogP contribution >= 0.6 is 0 Å². The molecule has 2 amide bonds. The average Bonchev–Trinajstić information content (AvgIpc) is 2.89. The van der Waals surface area contributed by atoms with Crippen molar-refractivity contribution < 1.29 is 19.1 Å². The van der Waals surface area contributed by atoms with Crippen LogP contribution in [-0.2, 0) is 4.74 Å². The topological polar surface area (TPSA) is 71.1 Å². The van der Waals surface area contributed by atoms with E-state index < -0.39 is 0 Å². The predicted molar refractivity (Wildman–Crippen MR) is 137 cm³/mol. The highest BCUT2D eigenvalue weighted by atomic mass is 16.5. The van der Waals surface area contributed by atoms with Gasteiger partial charge in [0.1, 0.15) is 5.75 Å². The first-order valence-electron chi connectivity index (χ1n) is 12.6. The number of benzene rings is 2. The van der Waals surface area contributed by atoms with E-state index in [0.717, 1.165) is 43.4 Å². The summed E-state index contributed by atoms with van der Waals surface area (Å²) in [5.74, 6) is 0.554. The zero-order valence-electron chi connectivity index (χ0n) is 20.9. The molecule has 35 heavy (non-hydrogen) atoms. The predicted octanol–water partition coefficient (Wildman–Crippen LogP) is 3.98. The standard InChI is InChI=1S/C28H37N3O4/c1-30(2)23-9-7-8-22(20-23)27(33)31-16-13-28(14-17-31)12-5-6-18-34-19-15-29-26(32)24-10-3-4-11-25(24)35-21-28/h3-4,7-11,20H,5-6,12-19,21H2,1-2H3,(H,29,32). The van der Waals surface area contributed by atoms with Crippen LogP contribution in [0.25, 0.3) is 0 Å². The molecule has 0 unspecified atom stereocenters. The molecule has 7 nitrogen and oxygen atoms in total. The normalized spacial score (nSPS) is 19.1. The maximum Gasteiger partial charge on any atom is 0.255 e. The lowest BCUT2D eigenvalue weighted by Crippen LogP contribution is -2.45. The van der Waals surface area contributed by atoms with Gasteiger partial charge in [0.2, 0.25) is 0 Å². The number of anilines is 1. The summed E-state index contributed by atoms with van der Waals surface area (Å²) in [7, 11) is 3.96. The number of para-hydroxylation sites is 1. The highest BCUT2D eigenvalue weighted by Gasteiger charge is 2.37. The second-order valence-corrected chi connectivity index (χ2v) is 9.85. The third-order valence-corrected chi connectivity index (χ3v) is 7.16. The Morgan fingerprint density at radius 1 is 1.00 bits per heavy atom. The molecule has 0 radical (unpaired) electrons. The minimum atomic E-state index is -0.143. The largest absolute Gasteiger partial charge is 0.492 e. The summed E-state index contributed by atoms with van der Waals surface area (Å²) in [6.07, 6.45) is 4.80. The van der Waals surface area contributed by atoms with Gasteiger partial charge in [0.05, 0.1) is 18.8 Å². The van der Waals surface area contributed by atoms with Gasteiger partial charge in [-0.2, -0.15) is 0 Å². The van der Waals surface area contributed by atoms with Gasteiger partial charge >= 0.3 is 0 Å². The lowest BCUT2D eigenvalue weighted by Gasteiger charge is -2.42. The Labute approximate surface area is 208 Å². The number of piperidine rings is 1. The molecule has 2 aromatic carbocycles. The Kier molecular flexibility index (Phi) is 8.29. The summed E-state index contributed by atoms with van der Waals surface area (Å²) in [6, 6.07) is 15.2. The van der Waals surface area contributed by atoms with Crippen LogP contribution in [0.1, 0.15) is 52.8 Å². The Hall–Kier alpha value is -3.06. The number of hydrogen-bond donors (Lipinski definition) is 1. The molecule has 2 aromatic rings. The molecule has 1 N–H and O–H groups in total. The van der Waals surface area contributed by atoms with E-state index in [2.05, 4.69) is 5.32 Å². The fraction of sp³-hybridized carbons (Fsp3) is 0.500. The van der Waals surface area contributed by atoms with E-state index >= 15 is 0 Å². The van der Waals surface area contributed by atoms with Gasteiger partial charge in [-0.05, 0) is 56.0 Å². The average molecular weight is 480 g/mol. The van der Waals surface area contributed by atoms with Crippen LogP contribution in [0.5, 0.6) is 5.75 Å². The first-order valence-corrected chi connectivity index (χ1v) is 12.6. The molecule has 2 aliphatic heterocycles. The number of carbonyl (C=O) groups is 2. The number of hydrogen-bond acceptors (Lipinski definition) is 5. The van der Waals surface area contributed by atoms with Gasteiger partial charge in [-0.25, -0.2) is 0 Å². The van der Waals surface area contributed by atoms with Crippen LogP contribution in [0.15, 0.2) is 48.5 Å². The van der Waals surface area contributed by atoms with Gasteiger partial charge in [0.15, 0.2) is 0 Å². The second-order valence-electron chi connectivity index (χ2n) is 9.85. The molecule has 4 rings (SSSR count). The van der Waals surface area contributed by atoms with E-state index in [1.807, 2.05) is 66.4 Å². The fourth-order valence-corrected chi connectivity index (χ4v) is 4.90. The van der Waals surface area contributed by atoms with Crippen molar-refractivity contribution in [2.24, 2.45) is 5.41 Å². The van der Waals surface area contributed by atoms with Crippen molar-refractivity contribution in [2.75, 3.05) is 58.5 Å². The number of ether oxygens (including phenoxy) is 2. The number of nitrogens with one attached hydrogen (secondary N) is 1. The molecule has 2 heterocycles. The van der Waals surface area contributed by atoms with Crippen molar-refractivity contribution in [3.63, 3.8) is 0 Å². The first-order chi connectivity index (χ1) is 17.0. The van der Waals surface area contributed by atoms with Crippen molar-refractivity contribution >= 4 is 17.5 Å². The molecule has 0 bridgehead atoms. The molecule has 0 saturated carbocycles. The molecule has 2 aliphatic rings. The Bertz CT molecular complexity index is 1010. The summed E-state index contributed by atoms with van der Waals surface area (Å²) >= 11 is 0. The van der Waals surface area contributed by atoms with E-state index in [1.54, 1.807) is 6.07 Å². The summed E-state index contributed by atoms with van der Waals surface area (Å²) < 4.78 is 12.0. The number of fused-ring (bicyclic) bond motifs is 1. The second kappa shape index (κ2) is 11.6. The van der Waals surface area contributed by atoms with Crippen LogP contribution in [-0.4, -0.2) is 70.3 Å². The van der Waals surface area contributed by atoms with Crippen LogP contribution in [0.3, 0.4) is 0 Å². The molecule has 188 valence electrons. The lowest BCUT2D eigenvalue weighted by atomic mass is 9.75. The Morgan fingerprint density at radius 3 is 2.60 bits per heavy atom. The zero-order valence-corrected chi connectivity index (χ0v) is 20.9. The Balaban J connectivity index is 1.47. The van der Waals surface area contributed by atoms with Gasteiger partial charge in [-0.1, -0.05) is 24.6 Å². The number of likely N-dealkylation sites (tertiary alicyclic amines) is 1. The molecule has 0 aliphatic carbocycles. The van der Waals surface area contributed by atoms with Crippen molar-refractivity contribution in [3.05, 3.63) is 59.7 Å². The van der Waals surface area contributed by atoms with Crippen molar-refractivity contribution in [1.82, 2.24) is 10.2 Å². The number of carbonyl (C=O) groups excluding carboxylic acids is 2. The maximum atomic E-state index is 13.2. The van der Waals surface area contributed by atoms with Gasteiger partial charge < -0.3 is 24.6 Å². The minimum absolute atomic E-state index is 0.0318. The highest BCUT2D eigenvalue weighted by Crippen LogP contribution is 2.38. The molecular formula is C28H37N3O4. The molecule has 0 aromatic heterocycles. The van der Waals surface area contributed by atoms with Crippen molar-refractivity contribution in [1.29, 1.82) is 0 Å². The van der Waals surface area contributed by atoms with Gasteiger partial charge in [0.25, 0.3) is 11.8 Å². The smallest absolute Gasteiger partial charge is 0.255 e. The third kappa shape index (κ3) is 6.34. The minimum Gasteiger partial charge on any atom is -0.492 e. The van der Waals surface area contributed by atoms with Crippen molar-refractivity contribution in [2.45, 2.75) is 32.1 Å². The van der Waals surface area contributed by atoms with E-state index in [1.165, 1.54) is 0 Å². The zero-order chi connectivity index (χ0) is 24.7. The molecule has 1 fully saturated rings. The monoisotopic (exact) mass is 479 g/mol.